The molecular formula is C28H46O4. The van der Waals surface area contributed by atoms with Crippen LogP contribution < -0.4 is 0 Å². The molecule has 32 heavy (non-hydrogen) atoms. The molecular weight excluding hydrogens is 400 g/mol. The topological polar surface area (TPSA) is 52.6 Å². The molecule has 0 saturated heterocycles. The van der Waals surface area contributed by atoms with Crippen LogP contribution in [0.5, 0.6) is 0 Å². The predicted molar refractivity (Wildman–Crippen MR) is 132 cm³/mol. The first kappa shape index (κ1) is 28.2. The molecule has 2 atom stereocenters. The van der Waals surface area contributed by atoms with E-state index in [0.29, 0.717) is 11.1 Å². The van der Waals surface area contributed by atoms with Gasteiger partial charge in [-0.1, -0.05) is 81.1 Å². The van der Waals surface area contributed by atoms with Crippen LogP contribution in [0.4, 0.5) is 0 Å². The van der Waals surface area contributed by atoms with Crippen LogP contribution in [0.15, 0.2) is 12.1 Å². The van der Waals surface area contributed by atoms with Gasteiger partial charge in [0.15, 0.2) is 0 Å². The number of hydrogen-bond acceptors (Lipinski definition) is 4. The molecule has 0 aliphatic rings. The Morgan fingerprint density at radius 3 is 1.28 bits per heavy atom. The molecule has 0 aliphatic carbocycles. The van der Waals surface area contributed by atoms with Crippen LogP contribution in [0.3, 0.4) is 0 Å². The monoisotopic (exact) mass is 446 g/mol. The summed E-state index contributed by atoms with van der Waals surface area (Å²) in [5, 5.41) is 0. The van der Waals surface area contributed by atoms with E-state index in [-0.39, 0.29) is 23.0 Å². The third-order valence-corrected chi connectivity index (χ3v) is 6.14. The number of hydrogen-bond donors (Lipinski definition) is 0. The number of rotatable bonds is 10. The Labute approximate surface area is 196 Å². The van der Waals surface area contributed by atoms with Gasteiger partial charge in [0.1, 0.15) is 12.2 Å². The number of aryl methyl sites for hydroxylation is 2. The van der Waals surface area contributed by atoms with E-state index >= 15 is 0 Å². The number of ether oxygens (including phenoxy) is 2. The third-order valence-electron chi connectivity index (χ3n) is 6.14. The fraction of sp³-hybridized carbons (Fsp3) is 0.714. The molecule has 0 heterocycles. The number of benzene rings is 1. The fourth-order valence-corrected chi connectivity index (χ4v) is 3.66. The van der Waals surface area contributed by atoms with E-state index in [0.717, 1.165) is 49.7 Å². The van der Waals surface area contributed by atoms with Crippen molar-refractivity contribution in [2.24, 2.45) is 10.8 Å². The van der Waals surface area contributed by atoms with Gasteiger partial charge >= 0.3 is 11.9 Å². The van der Waals surface area contributed by atoms with Crippen molar-refractivity contribution in [3.63, 3.8) is 0 Å². The van der Waals surface area contributed by atoms with Gasteiger partial charge in [-0.25, -0.2) is 9.59 Å². The number of carbonyl (C=O) groups excluding carboxylic acids is 2. The molecule has 1 aromatic rings. The highest BCUT2D eigenvalue weighted by molar-refractivity contribution is 6.03. The van der Waals surface area contributed by atoms with Crippen molar-refractivity contribution in [2.75, 3.05) is 0 Å². The average molecular weight is 447 g/mol. The van der Waals surface area contributed by atoms with E-state index in [1.165, 1.54) is 0 Å². The van der Waals surface area contributed by atoms with E-state index in [2.05, 4.69) is 55.4 Å². The quantitative estimate of drug-likeness (QED) is 0.344. The number of carbonyl (C=O) groups is 2. The highest BCUT2D eigenvalue weighted by Crippen LogP contribution is 2.30. The second-order valence-electron chi connectivity index (χ2n) is 11.3. The summed E-state index contributed by atoms with van der Waals surface area (Å²) in [5.41, 5.74) is 2.14. The van der Waals surface area contributed by atoms with E-state index < -0.39 is 11.9 Å². The van der Waals surface area contributed by atoms with Gasteiger partial charge in [-0.05, 0) is 60.8 Å². The van der Waals surface area contributed by atoms with Crippen molar-refractivity contribution in [1.82, 2.24) is 0 Å². The summed E-state index contributed by atoms with van der Waals surface area (Å²) in [6.07, 6.45) is 5.23. The minimum absolute atomic E-state index is 0.178. The molecule has 1 rings (SSSR count). The van der Waals surface area contributed by atoms with Gasteiger partial charge in [0, 0.05) is 0 Å². The summed E-state index contributed by atoms with van der Waals surface area (Å²) in [6, 6.07) is 3.54. The molecule has 4 nitrogen and oxygen atoms in total. The molecule has 0 amide bonds. The smallest absolute Gasteiger partial charge is 0.339 e. The summed E-state index contributed by atoms with van der Waals surface area (Å²) < 4.78 is 12.0. The highest BCUT2D eigenvalue weighted by atomic mass is 16.6. The van der Waals surface area contributed by atoms with Crippen LogP contribution in [0, 0.1) is 24.7 Å². The molecule has 0 radical (unpaired) electrons. The van der Waals surface area contributed by atoms with Crippen LogP contribution in [0.25, 0.3) is 0 Å². The van der Waals surface area contributed by atoms with Crippen LogP contribution in [0.1, 0.15) is 126 Å². The Hall–Kier alpha value is -1.84. The second kappa shape index (κ2) is 11.9. The molecule has 0 spiro atoms. The van der Waals surface area contributed by atoms with Crippen molar-refractivity contribution >= 4 is 11.9 Å². The van der Waals surface area contributed by atoms with Crippen molar-refractivity contribution in [3.05, 3.63) is 34.4 Å². The third kappa shape index (κ3) is 8.26. The Morgan fingerprint density at radius 1 is 0.719 bits per heavy atom. The first-order valence-electron chi connectivity index (χ1n) is 12.3. The molecule has 0 bridgehead atoms. The normalized spacial score (nSPS) is 14.1. The maximum atomic E-state index is 13.3. The van der Waals surface area contributed by atoms with Crippen LogP contribution in [-0.4, -0.2) is 24.1 Å². The lowest BCUT2D eigenvalue weighted by Crippen LogP contribution is -2.34. The summed E-state index contributed by atoms with van der Waals surface area (Å²) in [4.78, 5) is 26.6. The molecule has 0 fully saturated rings. The maximum Gasteiger partial charge on any atom is 0.339 e. The summed E-state index contributed by atoms with van der Waals surface area (Å²) in [5.74, 6) is -0.895. The SMILES string of the molecule is CCCCC(OC(=O)c1cc(C)c(C)cc1C(=O)OC(CCCC)C(C)(C)C)C(C)(C)C. The number of unbranched alkanes of at least 4 members (excludes halogenated alkanes) is 2. The Bertz CT molecular complexity index is 700. The summed E-state index contributed by atoms with van der Waals surface area (Å²) in [7, 11) is 0. The fourth-order valence-electron chi connectivity index (χ4n) is 3.66. The van der Waals surface area contributed by atoms with Crippen molar-refractivity contribution in [1.29, 1.82) is 0 Å². The van der Waals surface area contributed by atoms with Gasteiger partial charge in [-0.2, -0.15) is 0 Å². The molecule has 182 valence electrons. The van der Waals surface area contributed by atoms with E-state index in [1.54, 1.807) is 12.1 Å². The van der Waals surface area contributed by atoms with Gasteiger partial charge in [-0.15, -0.1) is 0 Å². The van der Waals surface area contributed by atoms with Gasteiger partial charge in [0.05, 0.1) is 11.1 Å². The zero-order valence-corrected chi connectivity index (χ0v) is 22.2. The van der Waals surface area contributed by atoms with Crippen molar-refractivity contribution in [2.45, 2.75) is 120 Å². The molecule has 1 aromatic carbocycles. The highest BCUT2D eigenvalue weighted by Gasteiger charge is 2.32. The Kier molecular flexibility index (Phi) is 10.4. The van der Waals surface area contributed by atoms with Crippen LogP contribution >= 0.6 is 0 Å². The average Bonchev–Trinajstić information content (AvgIpc) is 2.67. The van der Waals surface area contributed by atoms with E-state index in [1.807, 2.05) is 13.8 Å². The standard InChI is InChI=1S/C28H46O4/c1-11-13-15-23(27(5,6)7)31-25(29)21-17-19(3)20(4)18-22(21)26(30)32-24(16-14-12-2)28(8,9)10/h17-18,23-24H,11-16H2,1-10H3. The van der Waals surface area contributed by atoms with Crippen LogP contribution in [-0.2, 0) is 9.47 Å². The summed E-state index contributed by atoms with van der Waals surface area (Å²) in [6.45, 7) is 20.6. The first-order valence-corrected chi connectivity index (χ1v) is 12.3. The predicted octanol–water partition coefficient (Wildman–Crippen LogP) is 7.83. The zero-order valence-electron chi connectivity index (χ0n) is 22.2. The molecule has 0 aliphatic heterocycles. The zero-order chi connectivity index (χ0) is 24.7. The summed E-state index contributed by atoms with van der Waals surface area (Å²) >= 11 is 0. The van der Waals surface area contributed by atoms with E-state index in [9.17, 15) is 9.59 Å². The van der Waals surface area contributed by atoms with Gasteiger partial charge < -0.3 is 9.47 Å². The van der Waals surface area contributed by atoms with Crippen molar-refractivity contribution < 1.29 is 19.1 Å². The lowest BCUT2D eigenvalue weighted by Gasteiger charge is -2.31. The lowest BCUT2D eigenvalue weighted by atomic mass is 9.85. The number of esters is 2. The molecule has 4 heteroatoms. The lowest BCUT2D eigenvalue weighted by molar-refractivity contribution is -0.0106. The molecule has 0 saturated carbocycles. The Morgan fingerprint density at radius 2 is 1.03 bits per heavy atom. The molecule has 2 unspecified atom stereocenters. The van der Waals surface area contributed by atoms with Crippen LogP contribution in [0.2, 0.25) is 0 Å². The largest absolute Gasteiger partial charge is 0.458 e. The Balaban J connectivity index is 3.27. The van der Waals surface area contributed by atoms with Gasteiger partial charge in [0.25, 0.3) is 0 Å². The van der Waals surface area contributed by atoms with Crippen molar-refractivity contribution in [3.8, 4) is 0 Å². The maximum absolute atomic E-state index is 13.3. The second-order valence-corrected chi connectivity index (χ2v) is 11.3. The molecule has 0 N–H and O–H groups in total. The molecule has 0 aromatic heterocycles. The van der Waals surface area contributed by atoms with Gasteiger partial charge in [0.2, 0.25) is 0 Å². The first-order chi connectivity index (χ1) is 14.7. The minimum Gasteiger partial charge on any atom is -0.458 e. The van der Waals surface area contributed by atoms with Gasteiger partial charge in [-0.3, -0.25) is 0 Å². The minimum atomic E-state index is -0.447. The van der Waals surface area contributed by atoms with E-state index in [4.69, 9.17) is 9.47 Å².